The molecule has 0 unspecified atom stereocenters. The maximum atomic E-state index is 11.6. The summed E-state index contributed by atoms with van der Waals surface area (Å²) in [5.74, 6) is 0.655. The van der Waals surface area contributed by atoms with Gasteiger partial charge in [0, 0.05) is 26.1 Å². The van der Waals surface area contributed by atoms with E-state index in [-0.39, 0.29) is 11.8 Å². The molecule has 1 N–H and O–H groups in total. The predicted octanol–water partition coefficient (Wildman–Crippen LogP) is 0.589. The molecule has 0 spiro atoms. The summed E-state index contributed by atoms with van der Waals surface area (Å²) in [7, 11) is 0. The molecule has 2 amide bonds. The molecule has 0 atom stereocenters. The lowest BCUT2D eigenvalue weighted by Crippen LogP contribution is -2.30. The SMILES string of the molecule is Cc1nsc(C(=O)NCCCN2CCCC2=O)n1. The molecule has 1 aromatic rings. The lowest BCUT2D eigenvalue weighted by Gasteiger charge is -2.14. The minimum atomic E-state index is -0.187. The lowest BCUT2D eigenvalue weighted by atomic mass is 10.4. The van der Waals surface area contributed by atoms with Gasteiger partial charge in [0.25, 0.3) is 5.91 Å². The number of carbonyl (C=O) groups is 2. The van der Waals surface area contributed by atoms with E-state index in [9.17, 15) is 9.59 Å². The number of nitrogens with one attached hydrogen (secondary N) is 1. The monoisotopic (exact) mass is 268 g/mol. The normalized spacial score (nSPS) is 15.2. The third-order valence-electron chi connectivity index (χ3n) is 2.78. The van der Waals surface area contributed by atoms with Crippen LogP contribution in [0, 0.1) is 6.92 Å². The van der Waals surface area contributed by atoms with E-state index in [1.54, 1.807) is 6.92 Å². The van der Waals surface area contributed by atoms with Crippen molar-refractivity contribution in [3.63, 3.8) is 0 Å². The minimum absolute atomic E-state index is 0.187. The first kappa shape index (κ1) is 12.9. The van der Waals surface area contributed by atoms with Gasteiger partial charge in [0.15, 0.2) is 0 Å². The van der Waals surface area contributed by atoms with Crippen molar-refractivity contribution in [1.82, 2.24) is 19.6 Å². The summed E-state index contributed by atoms with van der Waals surface area (Å²) in [4.78, 5) is 28.8. The molecular weight excluding hydrogens is 252 g/mol. The summed E-state index contributed by atoms with van der Waals surface area (Å²) in [6, 6.07) is 0. The Morgan fingerprint density at radius 3 is 3.00 bits per heavy atom. The molecule has 1 saturated heterocycles. The predicted molar refractivity (Wildman–Crippen MR) is 67.4 cm³/mol. The molecule has 1 aromatic heterocycles. The van der Waals surface area contributed by atoms with Crippen LogP contribution in [0.5, 0.6) is 0 Å². The average Bonchev–Trinajstić information content (AvgIpc) is 2.94. The fraction of sp³-hybridized carbons (Fsp3) is 0.636. The Morgan fingerprint density at radius 1 is 1.56 bits per heavy atom. The van der Waals surface area contributed by atoms with Gasteiger partial charge >= 0.3 is 0 Å². The molecule has 6 nitrogen and oxygen atoms in total. The van der Waals surface area contributed by atoms with Crippen LogP contribution in [-0.4, -0.2) is 45.7 Å². The van der Waals surface area contributed by atoms with Crippen molar-refractivity contribution in [2.75, 3.05) is 19.6 Å². The Labute approximate surface area is 110 Å². The fourth-order valence-electron chi connectivity index (χ4n) is 1.88. The molecule has 7 heteroatoms. The number of rotatable bonds is 5. The zero-order valence-corrected chi connectivity index (χ0v) is 11.1. The number of likely N-dealkylation sites (tertiary alicyclic amines) is 1. The van der Waals surface area contributed by atoms with Crippen molar-refractivity contribution in [2.45, 2.75) is 26.2 Å². The number of amides is 2. The zero-order chi connectivity index (χ0) is 13.0. The second-order valence-corrected chi connectivity index (χ2v) is 4.99. The molecule has 1 fully saturated rings. The Hall–Kier alpha value is -1.50. The first-order chi connectivity index (χ1) is 8.66. The highest BCUT2D eigenvalue weighted by atomic mass is 32.1. The average molecular weight is 268 g/mol. The van der Waals surface area contributed by atoms with E-state index in [0.717, 1.165) is 30.9 Å². The summed E-state index contributed by atoms with van der Waals surface area (Å²) >= 11 is 1.10. The van der Waals surface area contributed by atoms with Crippen molar-refractivity contribution >= 4 is 23.3 Å². The van der Waals surface area contributed by atoms with Gasteiger partial charge in [-0.05, 0) is 31.3 Å². The molecule has 0 aliphatic carbocycles. The number of carbonyl (C=O) groups excluding carboxylic acids is 2. The van der Waals surface area contributed by atoms with Gasteiger partial charge in [-0.25, -0.2) is 4.98 Å². The Morgan fingerprint density at radius 2 is 2.39 bits per heavy atom. The first-order valence-electron chi connectivity index (χ1n) is 6.03. The maximum Gasteiger partial charge on any atom is 0.281 e. The van der Waals surface area contributed by atoms with E-state index in [1.165, 1.54) is 0 Å². The largest absolute Gasteiger partial charge is 0.350 e. The van der Waals surface area contributed by atoms with Crippen LogP contribution in [0.25, 0.3) is 0 Å². The van der Waals surface area contributed by atoms with Crippen LogP contribution in [0.3, 0.4) is 0 Å². The van der Waals surface area contributed by atoms with Crippen LogP contribution in [0.15, 0.2) is 0 Å². The summed E-state index contributed by atoms with van der Waals surface area (Å²) in [5, 5.41) is 3.18. The summed E-state index contributed by atoms with van der Waals surface area (Å²) in [6.45, 7) is 3.88. The summed E-state index contributed by atoms with van der Waals surface area (Å²) < 4.78 is 3.96. The molecule has 0 bridgehead atoms. The van der Waals surface area contributed by atoms with E-state index in [0.29, 0.717) is 30.3 Å². The van der Waals surface area contributed by atoms with Gasteiger partial charge in [-0.3, -0.25) is 9.59 Å². The van der Waals surface area contributed by atoms with Crippen molar-refractivity contribution in [3.05, 3.63) is 10.8 Å². The molecule has 0 radical (unpaired) electrons. The number of hydrogen-bond acceptors (Lipinski definition) is 5. The van der Waals surface area contributed by atoms with Crippen molar-refractivity contribution < 1.29 is 9.59 Å². The van der Waals surface area contributed by atoms with E-state index >= 15 is 0 Å². The van der Waals surface area contributed by atoms with Crippen LogP contribution < -0.4 is 5.32 Å². The van der Waals surface area contributed by atoms with Gasteiger partial charge in [0.2, 0.25) is 10.9 Å². The van der Waals surface area contributed by atoms with E-state index in [2.05, 4.69) is 14.7 Å². The molecule has 0 saturated carbocycles. The molecule has 98 valence electrons. The van der Waals surface area contributed by atoms with E-state index < -0.39 is 0 Å². The minimum Gasteiger partial charge on any atom is -0.350 e. The van der Waals surface area contributed by atoms with Gasteiger partial charge in [0.1, 0.15) is 5.82 Å². The van der Waals surface area contributed by atoms with Crippen LogP contribution >= 0.6 is 11.5 Å². The fourth-order valence-corrected chi connectivity index (χ4v) is 2.46. The quantitative estimate of drug-likeness (QED) is 0.793. The standard InChI is InChI=1S/C11H16N4O2S/c1-8-13-11(18-14-8)10(17)12-5-3-7-15-6-2-4-9(15)16/h2-7H2,1H3,(H,12,17). The smallest absolute Gasteiger partial charge is 0.281 e. The third kappa shape index (κ3) is 3.25. The van der Waals surface area contributed by atoms with Gasteiger partial charge < -0.3 is 10.2 Å². The molecule has 18 heavy (non-hydrogen) atoms. The van der Waals surface area contributed by atoms with E-state index in [1.807, 2.05) is 4.90 Å². The molecule has 0 aromatic carbocycles. The second kappa shape index (κ2) is 5.90. The first-order valence-corrected chi connectivity index (χ1v) is 6.80. The summed E-state index contributed by atoms with van der Waals surface area (Å²) in [5.41, 5.74) is 0. The van der Waals surface area contributed by atoms with Gasteiger partial charge in [-0.15, -0.1) is 0 Å². The number of aromatic nitrogens is 2. The van der Waals surface area contributed by atoms with Crippen molar-refractivity contribution in [3.8, 4) is 0 Å². The number of hydrogen-bond donors (Lipinski definition) is 1. The second-order valence-electron chi connectivity index (χ2n) is 4.24. The van der Waals surface area contributed by atoms with Crippen molar-refractivity contribution in [2.24, 2.45) is 0 Å². The molecular formula is C11H16N4O2S. The molecule has 2 rings (SSSR count). The van der Waals surface area contributed by atoms with Crippen LogP contribution in [0.1, 0.15) is 34.9 Å². The van der Waals surface area contributed by atoms with Crippen molar-refractivity contribution in [1.29, 1.82) is 0 Å². The highest BCUT2D eigenvalue weighted by Crippen LogP contribution is 2.09. The topological polar surface area (TPSA) is 75.2 Å². The van der Waals surface area contributed by atoms with Gasteiger partial charge in [-0.2, -0.15) is 4.37 Å². The zero-order valence-electron chi connectivity index (χ0n) is 10.3. The van der Waals surface area contributed by atoms with E-state index in [4.69, 9.17) is 0 Å². The Balaban J connectivity index is 1.66. The lowest BCUT2D eigenvalue weighted by molar-refractivity contribution is -0.127. The maximum absolute atomic E-state index is 11.6. The summed E-state index contributed by atoms with van der Waals surface area (Å²) in [6.07, 6.45) is 2.39. The Bertz CT molecular complexity index is 446. The number of nitrogens with zero attached hydrogens (tertiary/aromatic N) is 3. The highest BCUT2D eigenvalue weighted by molar-refractivity contribution is 7.07. The third-order valence-corrected chi connectivity index (χ3v) is 3.59. The molecule has 2 heterocycles. The van der Waals surface area contributed by atoms with Gasteiger partial charge in [0.05, 0.1) is 0 Å². The Kier molecular flexibility index (Phi) is 4.24. The molecule has 1 aliphatic heterocycles. The van der Waals surface area contributed by atoms with Crippen LogP contribution in [0.4, 0.5) is 0 Å². The van der Waals surface area contributed by atoms with Crippen LogP contribution in [0.2, 0.25) is 0 Å². The van der Waals surface area contributed by atoms with Gasteiger partial charge in [-0.1, -0.05) is 0 Å². The molecule has 1 aliphatic rings. The highest BCUT2D eigenvalue weighted by Gasteiger charge is 2.19. The van der Waals surface area contributed by atoms with Crippen LogP contribution in [-0.2, 0) is 4.79 Å². The number of aryl methyl sites for hydroxylation is 1.